The first-order valence-electron chi connectivity index (χ1n) is 10.5. The smallest absolute Gasteiger partial charge is 0.334 e. The quantitative estimate of drug-likeness (QED) is 0.309. The third kappa shape index (κ3) is 4.52. The maximum absolute atomic E-state index is 12.8. The van der Waals surface area contributed by atoms with Crippen LogP contribution in [0.5, 0.6) is 11.5 Å². The number of imide groups is 1. The first-order chi connectivity index (χ1) is 16.0. The zero-order chi connectivity index (χ0) is 23.4. The van der Waals surface area contributed by atoms with Gasteiger partial charge in [0.15, 0.2) is 11.5 Å². The van der Waals surface area contributed by atoms with Gasteiger partial charge in [-0.25, -0.2) is 4.79 Å². The van der Waals surface area contributed by atoms with Crippen LogP contribution < -0.4 is 9.47 Å². The second-order valence-electron chi connectivity index (χ2n) is 7.35. The highest BCUT2D eigenvalue weighted by atomic mass is 16.6. The number of esters is 1. The zero-order valence-corrected chi connectivity index (χ0v) is 18.2. The summed E-state index contributed by atoms with van der Waals surface area (Å²) in [6.45, 7) is 3.66. The number of carbonyl (C=O) groups excluding carboxylic acids is 3. The third-order valence-corrected chi connectivity index (χ3v) is 5.17. The van der Waals surface area contributed by atoms with Crippen LogP contribution in [0.1, 0.15) is 45.8 Å². The predicted molar refractivity (Wildman–Crippen MR) is 123 cm³/mol. The first kappa shape index (κ1) is 22.0. The number of ether oxygens (including phenoxy) is 2. The maximum atomic E-state index is 12.8. The first-order valence-corrected chi connectivity index (χ1v) is 10.5. The average molecular weight is 442 g/mol. The molecule has 1 aliphatic heterocycles. The van der Waals surface area contributed by atoms with E-state index in [1.165, 1.54) is 6.92 Å². The van der Waals surface area contributed by atoms with Crippen LogP contribution >= 0.6 is 0 Å². The van der Waals surface area contributed by atoms with Crippen molar-refractivity contribution in [2.45, 2.75) is 19.9 Å². The number of fused-ring (bicyclic) bond motifs is 1. The fraction of sp³-hybridized carbons (Fsp3) is 0.154. The summed E-state index contributed by atoms with van der Waals surface area (Å²) in [6.07, 6.45) is 5.45. The van der Waals surface area contributed by atoms with Crippen molar-refractivity contribution in [3.8, 4) is 11.5 Å². The van der Waals surface area contributed by atoms with E-state index in [1.54, 1.807) is 48.7 Å². The number of amides is 2. The van der Waals surface area contributed by atoms with E-state index in [9.17, 15) is 14.4 Å². The number of nitrogens with zero attached hydrogens (tertiary/aromatic N) is 2. The van der Waals surface area contributed by atoms with Gasteiger partial charge in [0, 0.05) is 6.20 Å². The molecule has 0 saturated carbocycles. The van der Waals surface area contributed by atoms with Gasteiger partial charge in [0.05, 0.1) is 23.4 Å². The van der Waals surface area contributed by atoms with Gasteiger partial charge in [0.25, 0.3) is 11.8 Å². The molecule has 2 heterocycles. The van der Waals surface area contributed by atoms with Crippen LogP contribution in [0.2, 0.25) is 0 Å². The summed E-state index contributed by atoms with van der Waals surface area (Å²) in [6, 6.07) is 16.2. The van der Waals surface area contributed by atoms with Crippen molar-refractivity contribution in [1.82, 2.24) is 9.88 Å². The lowest BCUT2D eigenvalue weighted by molar-refractivity contribution is -0.138. The Hall–Kier alpha value is -4.26. The molecular formula is C26H22N2O5. The molecule has 1 aromatic heterocycles. The highest BCUT2D eigenvalue weighted by molar-refractivity contribution is 6.22. The van der Waals surface area contributed by atoms with E-state index >= 15 is 0 Å². The minimum Gasteiger partial charge on any atom is -0.490 e. The average Bonchev–Trinajstić information content (AvgIpc) is 3.09. The molecule has 0 radical (unpaired) electrons. The van der Waals surface area contributed by atoms with Gasteiger partial charge < -0.3 is 9.47 Å². The van der Waals surface area contributed by atoms with E-state index in [0.717, 1.165) is 16.2 Å². The van der Waals surface area contributed by atoms with Crippen LogP contribution in [-0.4, -0.2) is 40.3 Å². The van der Waals surface area contributed by atoms with Crippen molar-refractivity contribution in [1.29, 1.82) is 0 Å². The SMILES string of the molecule is CCOc1cc(/C=C/c2ccccn2)ccc1OC(=O)C(C)N1C(=O)c2ccccc2C1=O. The summed E-state index contributed by atoms with van der Waals surface area (Å²) in [7, 11) is 0. The Kier molecular flexibility index (Phi) is 6.31. The van der Waals surface area contributed by atoms with Crippen LogP contribution in [0.4, 0.5) is 0 Å². The Labute approximate surface area is 191 Å². The Balaban J connectivity index is 1.52. The number of aromatic nitrogens is 1. The van der Waals surface area contributed by atoms with Crippen LogP contribution in [0.15, 0.2) is 66.9 Å². The molecule has 0 saturated heterocycles. The normalized spacial score (nSPS) is 13.8. The van der Waals surface area contributed by atoms with Crippen molar-refractivity contribution in [3.05, 3.63) is 89.2 Å². The molecule has 166 valence electrons. The Morgan fingerprint density at radius 1 is 0.970 bits per heavy atom. The minimum atomic E-state index is -1.10. The van der Waals surface area contributed by atoms with Crippen molar-refractivity contribution in [2.24, 2.45) is 0 Å². The van der Waals surface area contributed by atoms with Gasteiger partial charge in [-0.2, -0.15) is 0 Å². The molecule has 7 nitrogen and oxygen atoms in total. The lowest BCUT2D eigenvalue weighted by Crippen LogP contribution is -2.44. The number of benzene rings is 2. The predicted octanol–water partition coefficient (Wildman–Crippen LogP) is 4.24. The van der Waals surface area contributed by atoms with Gasteiger partial charge >= 0.3 is 5.97 Å². The molecule has 0 bridgehead atoms. The minimum absolute atomic E-state index is 0.209. The van der Waals surface area contributed by atoms with E-state index in [4.69, 9.17) is 9.47 Å². The van der Waals surface area contributed by atoms with Gasteiger partial charge in [0.2, 0.25) is 0 Å². The molecule has 33 heavy (non-hydrogen) atoms. The Morgan fingerprint density at radius 3 is 2.30 bits per heavy atom. The van der Waals surface area contributed by atoms with Crippen LogP contribution in [0, 0.1) is 0 Å². The molecule has 0 spiro atoms. The fourth-order valence-corrected chi connectivity index (χ4v) is 3.50. The number of pyridine rings is 1. The van der Waals surface area contributed by atoms with Gasteiger partial charge in [-0.3, -0.25) is 19.5 Å². The largest absolute Gasteiger partial charge is 0.490 e. The molecule has 3 aromatic rings. The van der Waals surface area contributed by atoms with Crippen LogP contribution in [0.3, 0.4) is 0 Å². The molecule has 0 N–H and O–H groups in total. The van der Waals surface area contributed by atoms with E-state index in [0.29, 0.717) is 12.4 Å². The highest BCUT2D eigenvalue weighted by Gasteiger charge is 2.41. The number of rotatable bonds is 7. The van der Waals surface area contributed by atoms with Crippen molar-refractivity contribution in [2.75, 3.05) is 6.61 Å². The molecule has 1 unspecified atom stereocenters. The molecule has 1 aliphatic rings. The summed E-state index contributed by atoms with van der Waals surface area (Å²) in [5.41, 5.74) is 2.19. The summed E-state index contributed by atoms with van der Waals surface area (Å²) >= 11 is 0. The summed E-state index contributed by atoms with van der Waals surface area (Å²) in [5, 5.41) is 0. The van der Waals surface area contributed by atoms with Crippen LogP contribution in [-0.2, 0) is 4.79 Å². The fourth-order valence-electron chi connectivity index (χ4n) is 3.50. The summed E-state index contributed by atoms with van der Waals surface area (Å²) < 4.78 is 11.2. The van der Waals surface area contributed by atoms with Gasteiger partial charge in [-0.1, -0.05) is 30.3 Å². The number of hydrogen-bond donors (Lipinski definition) is 0. The third-order valence-electron chi connectivity index (χ3n) is 5.17. The molecule has 2 amide bonds. The Morgan fingerprint density at radius 2 is 1.67 bits per heavy atom. The Bertz CT molecular complexity index is 1200. The van der Waals surface area contributed by atoms with Crippen molar-refractivity contribution < 1.29 is 23.9 Å². The van der Waals surface area contributed by atoms with E-state index in [-0.39, 0.29) is 16.9 Å². The van der Waals surface area contributed by atoms with E-state index in [2.05, 4.69) is 4.98 Å². The van der Waals surface area contributed by atoms with Crippen molar-refractivity contribution >= 4 is 29.9 Å². The standard InChI is InChI=1S/C26H22N2O5/c1-3-32-23-16-18(11-13-19-8-6-7-15-27-19)12-14-22(23)33-26(31)17(2)28-24(29)20-9-4-5-10-21(20)25(28)30/h4-17H,3H2,1-2H3/b13-11+. The molecule has 1 atom stereocenters. The zero-order valence-electron chi connectivity index (χ0n) is 18.2. The van der Waals surface area contributed by atoms with Gasteiger partial charge in [0.1, 0.15) is 6.04 Å². The number of carbonyl (C=O) groups is 3. The molecule has 0 aliphatic carbocycles. The lowest BCUT2D eigenvalue weighted by atomic mass is 10.1. The summed E-state index contributed by atoms with van der Waals surface area (Å²) in [4.78, 5) is 43.4. The highest BCUT2D eigenvalue weighted by Crippen LogP contribution is 2.31. The van der Waals surface area contributed by atoms with Crippen molar-refractivity contribution in [3.63, 3.8) is 0 Å². The second kappa shape index (κ2) is 9.48. The topological polar surface area (TPSA) is 85.8 Å². The molecule has 4 rings (SSSR count). The lowest BCUT2D eigenvalue weighted by Gasteiger charge is -2.21. The summed E-state index contributed by atoms with van der Waals surface area (Å²) in [5.74, 6) is -1.17. The monoisotopic (exact) mass is 442 g/mol. The molecule has 7 heteroatoms. The molecule has 2 aromatic carbocycles. The van der Waals surface area contributed by atoms with Crippen LogP contribution in [0.25, 0.3) is 12.2 Å². The van der Waals surface area contributed by atoms with Gasteiger partial charge in [-0.15, -0.1) is 0 Å². The molecule has 0 fully saturated rings. The number of hydrogen-bond acceptors (Lipinski definition) is 6. The van der Waals surface area contributed by atoms with E-state index in [1.807, 2.05) is 37.3 Å². The van der Waals surface area contributed by atoms with Gasteiger partial charge in [-0.05, 0) is 61.9 Å². The molecular weight excluding hydrogens is 420 g/mol. The maximum Gasteiger partial charge on any atom is 0.334 e. The second-order valence-corrected chi connectivity index (χ2v) is 7.35. The van der Waals surface area contributed by atoms with E-state index < -0.39 is 23.8 Å².